The van der Waals surface area contributed by atoms with E-state index in [0.29, 0.717) is 0 Å². The zero-order valence-corrected chi connectivity index (χ0v) is 9.34. The normalized spacial score (nSPS) is 24.8. The van der Waals surface area contributed by atoms with Crippen molar-refractivity contribution in [3.05, 3.63) is 0 Å². The molecule has 70 valence electrons. The van der Waals surface area contributed by atoms with Crippen LogP contribution < -0.4 is 0 Å². The first-order valence-corrected chi connectivity index (χ1v) is 6.45. The summed E-state index contributed by atoms with van der Waals surface area (Å²) in [5.74, 6) is 2.63. The summed E-state index contributed by atoms with van der Waals surface area (Å²) in [5, 5.41) is 0. The molecular weight excluding hydrogens is 188 g/mol. The maximum atomic E-state index is 10.7. The summed E-state index contributed by atoms with van der Waals surface area (Å²) in [6.45, 7) is 4.23. The van der Waals surface area contributed by atoms with E-state index in [1.54, 1.807) is 0 Å². The number of aldehydes is 1. The molecule has 0 spiro atoms. The highest BCUT2D eigenvalue weighted by atomic mass is 32.2. The largest absolute Gasteiger partial charge is 0.303 e. The second kappa shape index (κ2) is 4.56. The maximum absolute atomic E-state index is 10.7. The van der Waals surface area contributed by atoms with E-state index in [-0.39, 0.29) is 10.00 Å². The van der Waals surface area contributed by atoms with Crippen molar-refractivity contribution in [1.29, 1.82) is 0 Å². The van der Waals surface area contributed by atoms with Gasteiger partial charge in [0.1, 0.15) is 6.29 Å². The molecule has 0 bridgehead atoms. The predicted octanol–water partition coefficient (Wildman–Crippen LogP) is 2.80. The zero-order valence-electron chi connectivity index (χ0n) is 7.71. The minimum Gasteiger partial charge on any atom is -0.303 e. The Balaban J connectivity index is 2.65. The molecule has 0 amide bonds. The van der Waals surface area contributed by atoms with Crippen LogP contribution in [0, 0.1) is 5.92 Å². The first kappa shape index (κ1) is 10.5. The van der Waals surface area contributed by atoms with Gasteiger partial charge in [-0.1, -0.05) is 13.8 Å². The first-order chi connectivity index (χ1) is 5.75. The molecule has 0 N–H and O–H groups in total. The molecule has 1 fully saturated rings. The van der Waals surface area contributed by atoms with E-state index in [4.69, 9.17) is 0 Å². The number of thioether (sulfide) groups is 2. The molecule has 1 rings (SSSR count). The van der Waals surface area contributed by atoms with E-state index in [9.17, 15) is 4.79 Å². The lowest BCUT2D eigenvalue weighted by Gasteiger charge is -2.37. The smallest absolute Gasteiger partial charge is 0.125 e. The van der Waals surface area contributed by atoms with Gasteiger partial charge in [0.2, 0.25) is 0 Å². The number of carbonyl (C=O) groups excluding carboxylic acids is 1. The Labute approximate surface area is 83.1 Å². The minimum absolute atomic E-state index is 0.192. The van der Waals surface area contributed by atoms with Crippen LogP contribution in [0.5, 0.6) is 0 Å². The highest BCUT2D eigenvalue weighted by molar-refractivity contribution is 8.18. The van der Waals surface area contributed by atoms with E-state index in [1.807, 2.05) is 30.4 Å². The van der Waals surface area contributed by atoms with E-state index in [0.717, 1.165) is 12.7 Å². The second-order valence-electron chi connectivity index (χ2n) is 3.14. The van der Waals surface area contributed by atoms with Gasteiger partial charge in [-0.05, 0) is 24.3 Å². The van der Waals surface area contributed by atoms with Crippen LogP contribution in [0.4, 0.5) is 0 Å². The summed E-state index contributed by atoms with van der Waals surface area (Å²) in [7, 11) is 0. The molecule has 12 heavy (non-hydrogen) atoms. The van der Waals surface area contributed by atoms with Crippen LogP contribution >= 0.6 is 23.5 Å². The summed E-state index contributed by atoms with van der Waals surface area (Å²) in [5.41, 5.74) is 0. The average molecular weight is 204 g/mol. The van der Waals surface area contributed by atoms with Crippen molar-refractivity contribution in [1.82, 2.24) is 0 Å². The molecule has 0 unspecified atom stereocenters. The van der Waals surface area contributed by atoms with Gasteiger partial charge in [-0.15, -0.1) is 23.5 Å². The van der Waals surface area contributed by atoms with Crippen LogP contribution in [0.1, 0.15) is 26.7 Å². The summed E-state index contributed by atoms with van der Waals surface area (Å²) in [4.78, 5) is 10.7. The number of rotatable bonds is 3. The Hall–Kier alpha value is 0.370. The van der Waals surface area contributed by atoms with Gasteiger partial charge in [-0.3, -0.25) is 0 Å². The predicted molar refractivity (Wildman–Crippen MR) is 57.8 cm³/mol. The van der Waals surface area contributed by atoms with Gasteiger partial charge in [-0.25, -0.2) is 0 Å². The van der Waals surface area contributed by atoms with Gasteiger partial charge in [-0.2, -0.15) is 0 Å². The average Bonchev–Trinajstić information content (AvgIpc) is 2.17. The van der Waals surface area contributed by atoms with Gasteiger partial charge in [0.05, 0.1) is 4.08 Å². The Bertz CT molecular complexity index is 153. The molecule has 0 radical (unpaired) electrons. The highest BCUT2D eigenvalue weighted by Gasteiger charge is 2.37. The first-order valence-electron chi connectivity index (χ1n) is 4.48. The maximum Gasteiger partial charge on any atom is 0.125 e. The van der Waals surface area contributed by atoms with Crippen molar-refractivity contribution in [2.24, 2.45) is 5.92 Å². The third kappa shape index (κ3) is 1.99. The Morgan fingerprint density at radius 1 is 1.50 bits per heavy atom. The van der Waals surface area contributed by atoms with Gasteiger partial charge in [0.25, 0.3) is 0 Å². The lowest BCUT2D eigenvalue weighted by molar-refractivity contribution is -0.110. The molecule has 1 nitrogen and oxygen atoms in total. The molecule has 3 heteroatoms. The summed E-state index contributed by atoms with van der Waals surface area (Å²) in [6.07, 6.45) is 3.50. The van der Waals surface area contributed by atoms with Crippen LogP contribution in [0.15, 0.2) is 0 Å². The zero-order chi connectivity index (χ0) is 9.03. The molecule has 1 atom stereocenters. The number of hydrogen-bond acceptors (Lipinski definition) is 3. The second-order valence-corrected chi connectivity index (χ2v) is 6.25. The monoisotopic (exact) mass is 204 g/mol. The molecule has 0 aliphatic carbocycles. The summed E-state index contributed by atoms with van der Waals surface area (Å²) in [6, 6.07) is 0. The lowest BCUT2D eigenvalue weighted by atomic mass is 10.1. The SMILES string of the molecule is CCC1([C@H](C)C=O)SCCCS1. The van der Waals surface area contributed by atoms with Gasteiger partial charge >= 0.3 is 0 Å². The van der Waals surface area contributed by atoms with E-state index < -0.39 is 0 Å². The van der Waals surface area contributed by atoms with Crippen molar-refractivity contribution >= 4 is 29.8 Å². The number of hydrogen-bond donors (Lipinski definition) is 0. The quantitative estimate of drug-likeness (QED) is 0.658. The minimum atomic E-state index is 0.192. The third-order valence-electron chi connectivity index (χ3n) is 2.37. The number of carbonyl (C=O) groups is 1. The fourth-order valence-corrected chi connectivity index (χ4v) is 4.81. The molecule has 0 aromatic heterocycles. The van der Waals surface area contributed by atoms with E-state index in [2.05, 4.69) is 6.92 Å². The Morgan fingerprint density at radius 2 is 2.08 bits per heavy atom. The fourth-order valence-electron chi connectivity index (χ4n) is 1.48. The molecule has 1 saturated heterocycles. The topological polar surface area (TPSA) is 17.1 Å². The van der Waals surface area contributed by atoms with Crippen molar-refractivity contribution in [2.45, 2.75) is 30.8 Å². The fraction of sp³-hybridized carbons (Fsp3) is 0.889. The van der Waals surface area contributed by atoms with Crippen LogP contribution in [0.2, 0.25) is 0 Å². The van der Waals surface area contributed by atoms with Crippen LogP contribution in [0.25, 0.3) is 0 Å². The Kier molecular flexibility index (Phi) is 3.97. The van der Waals surface area contributed by atoms with Gasteiger partial charge in [0.15, 0.2) is 0 Å². The molecular formula is C9H16OS2. The molecule has 0 saturated carbocycles. The van der Waals surface area contributed by atoms with Crippen molar-refractivity contribution in [3.8, 4) is 0 Å². The van der Waals surface area contributed by atoms with Gasteiger partial charge < -0.3 is 4.79 Å². The standard InChI is InChI=1S/C9H16OS2/c1-3-9(8(2)7-10)11-5-4-6-12-9/h7-8H,3-6H2,1-2H3/t8-/m1/s1. The van der Waals surface area contributed by atoms with E-state index in [1.165, 1.54) is 17.9 Å². The lowest BCUT2D eigenvalue weighted by Crippen LogP contribution is -2.32. The highest BCUT2D eigenvalue weighted by Crippen LogP contribution is 2.49. The van der Waals surface area contributed by atoms with Crippen LogP contribution in [-0.4, -0.2) is 21.9 Å². The van der Waals surface area contributed by atoms with Crippen molar-refractivity contribution < 1.29 is 4.79 Å². The Morgan fingerprint density at radius 3 is 2.50 bits per heavy atom. The molecule has 0 aromatic carbocycles. The summed E-state index contributed by atoms with van der Waals surface area (Å²) < 4.78 is 0.194. The molecule has 0 aromatic rings. The third-order valence-corrected chi connectivity index (χ3v) is 6.36. The molecule has 1 aliphatic heterocycles. The van der Waals surface area contributed by atoms with Crippen LogP contribution in [0.3, 0.4) is 0 Å². The summed E-state index contributed by atoms with van der Waals surface area (Å²) >= 11 is 3.95. The van der Waals surface area contributed by atoms with Crippen molar-refractivity contribution in [3.63, 3.8) is 0 Å². The molecule has 1 aliphatic rings. The van der Waals surface area contributed by atoms with Crippen molar-refractivity contribution in [2.75, 3.05) is 11.5 Å². The van der Waals surface area contributed by atoms with Gasteiger partial charge in [0, 0.05) is 5.92 Å². The molecule has 1 heterocycles. The van der Waals surface area contributed by atoms with Crippen LogP contribution in [-0.2, 0) is 4.79 Å². The van der Waals surface area contributed by atoms with E-state index >= 15 is 0 Å².